The predicted molar refractivity (Wildman–Crippen MR) is 509 cm³/mol. The minimum absolute atomic E-state index is 0.0151. The van der Waals surface area contributed by atoms with Gasteiger partial charge in [-0.1, -0.05) is 321 Å². The number of piperidine rings is 2. The molecule has 25 rings (SSSR count). The van der Waals surface area contributed by atoms with E-state index in [9.17, 15) is 0 Å². The molecule has 19 aromatic carbocycles. The number of hydrogen-bond donors (Lipinski definition) is 0. The van der Waals surface area contributed by atoms with Crippen molar-refractivity contribution < 1.29 is 0 Å². The van der Waals surface area contributed by atoms with Crippen molar-refractivity contribution in [2.24, 2.45) is 11.8 Å². The molecule has 0 amide bonds. The summed E-state index contributed by atoms with van der Waals surface area (Å²) in [6.45, 7) is 13.8. The molecule has 0 atom stereocenters. The van der Waals surface area contributed by atoms with Gasteiger partial charge in [0.1, 0.15) is 0 Å². The molecule has 4 heterocycles. The molecule has 2 saturated carbocycles. The average molecular weight is 1520 g/mol. The smallest absolute Gasteiger partial charge is 0.252 e. The molecule has 3 nitrogen and oxygen atoms in total. The van der Waals surface area contributed by atoms with E-state index in [0.29, 0.717) is 12.1 Å². The summed E-state index contributed by atoms with van der Waals surface area (Å²) >= 11 is 0. The minimum Gasteiger partial charge on any atom is -0.365 e. The van der Waals surface area contributed by atoms with Crippen LogP contribution in [-0.2, 0) is 10.8 Å². The third-order valence-electron chi connectivity index (χ3n) is 27.9. The lowest BCUT2D eigenvalue weighted by molar-refractivity contribution is 0.0900. The van der Waals surface area contributed by atoms with E-state index in [4.69, 9.17) is 0 Å². The lowest BCUT2D eigenvalue weighted by Gasteiger charge is -2.58. The second-order valence-corrected chi connectivity index (χ2v) is 37.2. The number of rotatable bonds is 11. The molecule has 0 N–H and O–H groups in total. The third kappa shape index (κ3) is 11.3. The van der Waals surface area contributed by atoms with Crippen molar-refractivity contribution in [2.75, 3.05) is 14.7 Å². The van der Waals surface area contributed by atoms with Gasteiger partial charge in [-0.05, 0) is 286 Å². The highest BCUT2D eigenvalue weighted by molar-refractivity contribution is 7.00. The molecule has 4 fully saturated rings. The Balaban J connectivity index is 0.838. The van der Waals surface area contributed by atoms with Gasteiger partial charge in [-0.2, -0.15) is 0 Å². The second kappa shape index (κ2) is 26.6. The first-order chi connectivity index (χ1) is 58.2. The first kappa shape index (κ1) is 70.0. The van der Waals surface area contributed by atoms with Gasteiger partial charge in [0.15, 0.2) is 0 Å². The highest BCUT2D eigenvalue weighted by Gasteiger charge is 2.50. The first-order valence-corrected chi connectivity index (χ1v) is 43.2. The van der Waals surface area contributed by atoms with Crippen LogP contribution in [0.2, 0.25) is 0 Å². The van der Waals surface area contributed by atoms with Crippen LogP contribution in [0.15, 0.2) is 352 Å². The van der Waals surface area contributed by atoms with Crippen molar-refractivity contribution in [2.45, 2.75) is 96.6 Å². The predicted octanol–water partition coefficient (Wildman–Crippen LogP) is 29.3. The van der Waals surface area contributed by atoms with Gasteiger partial charge in [0.2, 0.25) is 0 Å². The fourth-order valence-electron chi connectivity index (χ4n) is 22.5. The summed E-state index contributed by atoms with van der Waals surface area (Å²) < 4.78 is 0. The van der Waals surface area contributed by atoms with Gasteiger partial charge >= 0.3 is 0 Å². The summed E-state index contributed by atoms with van der Waals surface area (Å²) in [5.41, 5.74) is 33.7. The number of anilines is 7. The lowest BCUT2D eigenvalue weighted by Crippen LogP contribution is -2.62. The van der Waals surface area contributed by atoms with Gasteiger partial charge in [-0.25, -0.2) is 0 Å². The molecule has 4 heteroatoms. The molecule has 568 valence electrons. The van der Waals surface area contributed by atoms with Gasteiger partial charge in [-0.15, -0.1) is 0 Å². The molecule has 0 spiro atoms. The molecule has 0 aromatic heterocycles. The Hall–Kier alpha value is -13.3. The van der Waals surface area contributed by atoms with E-state index in [1.807, 2.05) is 0 Å². The van der Waals surface area contributed by atoms with Crippen LogP contribution in [0.3, 0.4) is 0 Å². The van der Waals surface area contributed by atoms with E-state index in [1.165, 1.54) is 219 Å². The molecule has 4 aliphatic heterocycles. The van der Waals surface area contributed by atoms with Crippen LogP contribution in [0, 0.1) is 11.8 Å². The van der Waals surface area contributed by atoms with Crippen molar-refractivity contribution in [1.29, 1.82) is 0 Å². The zero-order chi connectivity index (χ0) is 79.3. The third-order valence-corrected chi connectivity index (χ3v) is 27.9. The molecule has 2 saturated heterocycles. The van der Waals surface area contributed by atoms with Crippen LogP contribution in [-0.4, -0.2) is 18.8 Å². The van der Waals surface area contributed by atoms with Crippen molar-refractivity contribution >= 4 is 128 Å². The van der Waals surface area contributed by atoms with E-state index in [-0.39, 0.29) is 17.5 Å². The lowest BCUT2D eigenvalue weighted by atomic mass is 9.33. The standard InChI is InChI=1S/C115H90BN3/c1-114(2,3)92-58-84-41-37-80-54-88(55-81-38-42-85(59-92)109(84)107(80)81)78-45-47-101-103(66-78)118(112-97(74-29-17-9-18-30-74)62-90(72-25-13-7-14-26-72)63-98(112)75-31-19-10-20-32-75)105-68-96(117-94-50-70-49-71(52-94)53-95(117)51-70)69-106-111(105)116(101)102-48-46-79(89-56-82-39-43-86-60-93(115(4,5)6)61-87-44-40-83(57-89)108(82)110(86)87)67-104(102)119(106)113-99(76-33-21-11-22-34-76)64-91(73-27-15-8-16-28-73)65-100(113)77-35-23-12-24-36-77/h7-48,54-71,94-95H,49-53H2,1-6H3. The minimum atomic E-state index is -0.233. The zero-order valence-corrected chi connectivity index (χ0v) is 68.3. The monoisotopic (exact) mass is 1520 g/mol. The van der Waals surface area contributed by atoms with E-state index < -0.39 is 0 Å². The Morgan fingerprint density at radius 3 is 0.815 bits per heavy atom. The summed E-state index contributed by atoms with van der Waals surface area (Å²) in [7, 11) is 0. The number of hydrogen-bond acceptors (Lipinski definition) is 3. The van der Waals surface area contributed by atoms with Crippen LogP contribution in [0.25, 0.3) is 154 Å². The van der Waals surface area contributed by atoms with Crippen LogP contribution in [0.4, 0.5) is 39.8 Å². The van der Waals surface area contributed by atoms with Crippen molar-refractivity contribution in [3.05, 3.63) is 363 Å². The molecule has 119 heavy (non-hydrogen) atoms. The summed E-state index contributed by atoms with van der Waals surface area (Å²) in [5.74, 6) is 1.49. The van der Waals surface area contributed by atoms with Crippen molar-refractivity contribution in [1.82, 2.24) is 0 Å². The summed E-state index contributed by atoms with van der Waals surface area (Å²) in [6, 6.07) is 138. The van der Waals surface area contributed by atoms with Gasteiger partial charge in [0.05, 0.1) is 11.4 Å². The Kier molecular flexibility index (Phi) is 15.7. The Bertz CT molecular complexity index is 6610. The van der Waals surface area contributed by atoms with Crippen LogP contribution >= 0.6 is 0 Å². The molecule has 4 bridgehead atoms. The Morgan fingerprint density at radius 1 is 0.244 bits per heavy atom. The fraction of sp³-hybridized carbons (Fsp3) is 0.148. The molecule has 0 radical (unpaired) electrons. The average Bonchev–Trinajstić information content (AvgIpc) is 0.682. The van der Waals surface area contributed by atoms with Crippen molar-refractivity contribution in [3.63, 3.8) is 0 Å². The zero-order valence-electron chi connectivity index (χ0n) is 68.3. The van der Waals surface area contributed by atoms with Gasteiger partial charge in [-0.3, -0.25) is 0 Å². The summed E-state index contributed by atoms with van der Waals surface area (Å²) in [4.78, 5) is 8.60. The van der Waals surface area contributed by atoms with E-state index in [2.05, 4.69) is 408 Å². The maximum absolute atomic E-state index is 2.98. The Labute approximate surface area is 697 Å². The SMILES string of the molecule is CC(C)(C)c1cc2ccc3cc(-c4ccc5c(c4)N(c4c(-c6ccccc6)cc(-c6ccccc6)cc4-c4ccccc4)c4cc(N6C7CC8CC(C7)CC6C8)cc6c4B5c4ccc(-c5cc7ccc8cc(C(C)(C)C)cc9ccc(c5)c7c89)cc4N6c4c(-c5ccccc5)cc(-c5ccccc5)cc4-c4ccccc4)cc4ccc(c1)c2c34. The van der Waals surface area contributed by atoms with Gasteiger partial charge in [0, 0.05) is 62.8 Å². The van der Waals surface area contributed by atoms with Crippen molar-refractivity contribution in [3.8, 4) is 89.0 Å². The van der Waals surface area contributed by atoms with E-state index >= 15 is 0 Å². The molecule has 19 aromatic rings. The molecule has 6 aliphatic rings. The molecule has 0 unspecified atom stereocenters. The van der Waals surface area contributed by atoms with E-state index in [1.54, 1.807) is 0 Å². The van der Waals surface area contributed by atoms with Gasteiger partial charge < -0.3 is 14.7 Å². The normalized spacial score (nSPS) is 16.8. The van der Waals surface area contributed by atoms with Gasteiger partial charge in [0.25, 0.3) is 6.71 Å². The summed E-state index contributed by atoms with van der Waals surface area (Å²) in [5, 5.41) is 15.6. The number of fused-ring (bicyclic) bond motifs is 4. The quantitative estimate of drug-likeness (QED) is 0.0944. The maximum Gasteiger partial charge on any atom is 0.252 e. The number of benzene rings is 19. The number of nitrogens with zero attached hydrogens (tertiary/aromatic N) is 3. The topological polar surface area (TPSA) is 9.72 Å². The highest BCUT2D eigenvalue weighted by atomic mass is 15.2. The second-order valence-electron chi connectivity index (χ2n) is 37.2. The highest BCUT2D eigenvalue weighted by Crippen LogP contribution is 2.59. The first-order valence-electron chi connectivity index (χ1n) is 43.2. The van der Waals surface area contributed by atoms with Crippen LogP contribution in [0.5, 0.6) is 0 Å². The molecule has 2 aliphatic carbocycles. The fourth-order valence-corrected chi connectivity index (χ4v) is 22.5. The maximum atomic E-state index is 2.98. The van der Waals surface area contributed by atoms with Crippen LogP contribution < -0.4 is 31.1 Å². The molecular weight excluding hydrogens is 1430 g/mol. The molecular formula is C115H90BN3. The summed E-state index contributed by atoms with van der Waals surface area (Å²) in [6.07, 6.45) is 6.24. The largest absolute Gasteiger partial charge is 0.365 e. The van der Waals surface area contributed by atoms with Crippen LogP contribution in [0.1, 0.15) is 84.8 Å². The Morgan fingerprint density at radius 2 is 0.521 bits per heavy atom. The van der Waals surface area contributed by atoms with E-state index in [0.717, 1.165) is 45.5 Å².